The summed E-state index contributed by atoms with van der Waals surface area (Å²) in [5, 5.41) is 0.711. The Morgan fingerprint density at radius 1 is 0.867 bits per heavy atom. The molecular weight excluding hydrogens is 387 g/mol. The summed E-state index contributed by atoms with van der Waals surface area (Å²) < 4.78 is 48.1. The van der Waals surface area contributed by atoms with Gasteiger partial charge in [0.05, 0.1) is 6.10 Å². The van der Waals surface area contributed by atoms with Crippen LogP contribution in [0, 0.1) is 11.8 Å². The van der Waals surface area contributed by atoms with Gasteiger partial charge >= 0.3 is 6.18 Å². The minimum atomic E-state index is -4.48. The van der Waals surface area contributed by atoms with Crippen molar-refractivity contribution in [3.8, 4) is 5.75 Å². The highest BCUT2D eigenvalue weighted by Gasteiger charge is 2.38. The Morgan fingerprint density at radius 2 is 1.50 bits per heavy atom. The van der Waals surface area contributed by atoms with Gasteiger partial charge in [-0.1, -0.05) is 43.9 Å². The highest BCUT2D eigenvalue weighted by Crippen LogP contribution is 2.44. The van der Waals surface area contributed by atoms with Gasteiger partial charge in [0.25, 0.3) is 0 Å². The molecule has 2 N–H and O–H groups in total. The molecule has 2 fully saturated rings. The SMILES string of the molecule is CC(C)(N)c1ccc2c(C(F)(F)F)c(OC3CCC(C4CCCC4)CC3)ccc2c1. The van der Waals surface area contributed by atoms with E-state index in [1.807, 2.05) is 13.8 Å². The molecule has 0 aromatic heterocycles. The zero-order valence-corrected chi connectivity index (χ0v) is 17.9. The quantitative estimate of drug-likeness (QED) is 0.570. The molecule has 2 nitrogen and oxygen atoms in total. The summed E-state index contributed by atoms with van der Waals surface area (Å²) >= 11 is 0. The van der Waals surface area contributed by atoms with Crippen LogP contribution in [0.15, 0.2) is 30.3 Å². The smallest absolute Gasteiger partial charge is 0.420 e. The highest BCUT2D eigenvalue weighted by atomic mass is 19.4. The molecule has 0 atom stereocenters. The standard InChI is InChI=1S/C25H32F3NO/c1-24(2,29)19-10-13-21-18(15-19)9-14-22(23(21)25(26,27)28)30-20-11-7-17(8-12-20)16-5-3-4-6-16/h9-10,13-17,20H,3-8,11-12,29H2,1-2H3. The van der Waals surface area contributed by atoms with E-state index in [1.54, 1.807) is 18.2 Å². The zero-order chi connectivity index (χ0) is 21.5. The van der Waals surface area contributed by atoms with Crippen LogP contribution < -0.4 is 10.5 Å². The van der Waals surface area contributed by atoms with Crippen molar-refractivity contribution in [3.05, 3.63) is 41.5 Å². The van der Waals surface area contributed by atoms with Crippen molar-refractivity contribution in [1.82, 2.24) is 0 Å². The van der Waals surface area contributed by atoms with Crippen molar-refractivity contribution >= 4 is 10.8 Å². The molecule has 2 aliphatic rings. The van der Waals surface area contributed by atoms with Crippen LogP contribution in [0.5, 0.6) is 5.75 Å². The minimum Gasteiger partial charge on any atom is -0.490 e. The molecule has 164 valence electrons. The number of alkyl halides is 3. The number of nitrogens with two attached hydrogens (primary N) is 1. The fourth-order valence-electron chi connectivity index (χ4n) is 5.39. The maximum atomic E-state index is 14.0. The third kappa shape index (κ3) is 4.46. The fraction of sp³-hybridized carbons (Fsp3) is 0.600. The van der Waals surface area contributed by atoms with Gasteiger partial charge < -0.3 is 10.5 Å². The van der Waals surface area contributed by atoms with Gasteiger partial charge in [0.2, 0.25) is 0 Å². The predicted molar refractivity (Wildman–Crippen MR) is 114 cm³/mol. The van der Waals surface area contributed by atoms with Crippen molar-refractivity contribution < 1.29 is 17.9 Å². The molecular formula is C25H32F3NO. The Morgan fingerprint density at radius 3 is 2.10 bits per heavy atom. The summed E-state index contributed by atoms with van der Waals surface area (Å²) in [5.41, 5.74) is 5.66. The third-order valence-electron chi connectivity index (χ3n) is 7.09. The van der Waals surface area contributed by atoms with Gasteiger partial charge in [-0.05, 0) is 79.8 Å². The van der Waals surface area contributed by atoms with Crippen LogP contribution >= 0.6 is 0 Å². The molecule has 0 amide bonds. The first-order chi connectivity index (χ1) is 14.1. The highest BCUT2D eigenvalue weighted by molar-refractivity contribution is 5.89. The molecule has 2 aromatic rings. The van der Waals surface area contributed by atoms with Gasteiger partial charge in [-0.3, -0.25) is 0 Å². The number of halogens is 3. The number of hydrogen-bond donors (Lipinski definition) is 1. The lowest BCUT2D eigenvalue weighted by molar-refractivity contribution is -0.138. The maximum Gasteiger partial charge on any atom is 0.420 e. The van der Waals surface area contributed by atoms with Crippen LogP contribution in [0.3, 0.4) is 0 Å². The Labute approximate surface area is 177 Å². The normalized spacial score (nSPS) is 23.8. The number of fused-ring (bicyclic) bond motifs is 1. The molecule has 0 bridgehead atoms. The van der Waals surface area contributed by atoms with Crippen molar-refractivity contribution in [2.24, 2.45) is 17.6 Å². The molecule has 2 aromatic carbocycles. The predicted octanol–water partition coefficient (Wildman–Crippen LogP) is 7.18. The van der Waals surface area contributed by atoms with Crippen LogP contribution in [-0.4, -0.2) is 6.10 Å². The van der Waals surface area contributed by atoms with Gasteiger partial charge in [-0.15, -0.1) is 0 Å². The molecule has 0 aliphatic heterocycles. The first-order valence-corrected chi connectivity index (χ1v) is 11.2. The van der Waals surface area contributed by atoms with E-state index in [0.29, 0.717) is 5.39 Å². The maximum absolute atomic E-state index is 14.0. The van der Waals surface area contributed by atoms with E-state index in [4.69, 9.17) is 10.5 Å². The Balaban J connectivity index is 1.58. The van der Waals surface area contributed by atoms with Crippen LogP contribution in [0.2, 0.25) is 0 Å². The molecule has 0 radical (unpaired) electrons. The van der Waals surface area contributed by atoms with Gasteiger partial charge in [0.1, 0.15) is 11.3 Å². The van der Waals surface area contributed by atoms with Crippen LogP contribution in [0.1, 0.15) is 76.3 Å². The average molecular weight is 420 g/mol. The molecule has 0 spiro atoms. The van der Waals surface area contributed by atoms with Gasteiger partial charge in [-0.25, -0.2) is 0 Å². The van der Waals surface area contributed by atoms with Gasteiger partial charge in [-0.2, -0.15) is 13.2 Å². The third-order valence-corrected chi connectivity index (χ3v) is 7.09. The van der Waals surface area contributed by atoms with E-state index in [-0.39, 0.29) is 17.2 Å². The molecule has 0 saturated heterocycles. The second-order valence-electron chi connectivity index (χ2n) is 9.79. The van der Waals surface area contributed by atoms with E-state index >= 15 is 0 Å². The fourth-order valence-corrected chi connectivity index (χ4v) is 5.39. The molecule has 30 heavy (non-hydrogen) atoms. The van der Waals surface area contributed by atoms with E-state index < -0.39 is 17.3 Å². The summed E-state index contributed by atoms with van der Waals surface area (Å²) in [5.74, 6) is 1.50. The molecule has 0 unspecified atom stereocenters. The summed E-state index contributed by atoms with van der Waals surface area (Å²) in [6.07, 6.45) is 4.51. The van der Waals surface area contributed by atoms with Crippen molar-refractivity contribution in [2.75, 3.05) is 0 Å². The summed E-state index contributed by atoms with van der Waals surface area (Å²) in [4.78, 5) is 0. The molecule has 0 heterocycles. The van der Waals surface area contributed by atoms with Crippen LogP contribution in [-0.2, 0) is 11.7 Å². The second kappa shape index (κ2) is 8.07. The first kappa shape index (κ1) is 21.5. The molecule has 2 aliphatic carbocycles. The summed E-state index contributed by atoms with van der Waals surface area (Å²) in [7, 11) is 0. The number of benzene rings is 2. The van der Waals surface area contributed by atoms with E-state index in [2.05, 4.69) is 0 Å². The summed E-state index contributed by atoms with van der Waals surface area (Å²) in [6, 6.07) is 8.18. The Kier molecular flexibility index (Phi) is 5.78. The molecule has 4 rings (SSSR count). The summed E-state index contributed by atoms with van der Waals surface area (Å²) in [6.45, 7) is 3.69. The van der Waals surface area contributed by atoms with E-state index in [1.165, 1.54) is 37.8 Å². The van der Waals surface area contributed by atoms with Crippen molar-refractivity contribution in [2.45, 2.75) is 83.0 Å². The lowest BCUT2D eigenvalue weighted by atomic mass is 9.78. The minimum absolute atomic E-state index is 0.0425. The van der Waals surface area contributed by atoms with Gasteiger partial charge in [0, 0.05) is 5.54 Å². The number of rotatable bonds is 4. The topological polar surface area (TPSA) is 35.2 Å². The largest absolute Gasteiger partial charge is 0.490 e. The van der Waals surface area contributed by atoms with Crippen LogP contribution in [0.25, 0.3) is 10.8 Å². The average Bonchev–Trinajstić information content (AvgIpc) is 3.21. The van der Waals surface area contributed by atoms with Crippen LogP contribution in [0.4, 0.5) is 13.2 Å². The van der Waals surface area contributed by atoms with E-state index in [0.717, 1.165) is 43.1 Å². The molecule has 2 saturated carbocycles. The lowest BCUT2D eigenvalue weighted by Gasteiger charge is -2.33. The molecule has 5 heteroatoms. The lowest BCUT2D eigenvalue weighted by Crippen LogP contribution is -2.28. The monoisotopic (exact) mass is 419 g/mol. The Hall–Kier alpha value is -1.75. The van der Waals surface area contributed by atoms with Crippen molar-refractivity contribution in [1.29, 1.82) is 0 Å². The first-order valence-electron chi connectivity index (χ1n) is 11.2. The zero-order valence-electron chi connectivity index (χ0n) is 17.9. The van der Waals surface area contributed by atoms with E-state index in [9.17, 15) is 13.2 Å². The van der Waals surface area contributed by atoms with Gasteiger partial charge in [0.15, 0.2) is 0 Å². The number of ether oxygens (including phenoxy) is 1. The number of hydrogen-bond acceptors (Lipinski definition) is 2. The van der Waals surface area contributed by atoms with Crippen molar-refractivity contribution in [3.63, 3.8) is 0 Å². The Bertz CT molecular complexity index is 886. The second-order valence-corrected chi connectivity index (χ2v) is 9.79.